The Kier molecular flexibility index (Phi) is 6.13. The lowest BCUT2D eigenvalue weighted by molar-refractivity contribution is 0.156. The van der Waals surface area contributed by atoms with Gasteiger partial charge in [0.1, 0.15) is 0 Å². The van der Waals surface area contributed by atoms with E-state index in [4.69, 9.17) is 16.7 Å². The van der Waals surface area contributed by atoms with Gasteiger partial charge < -0.3 is 20.2 Å². The summed E-state index contributed by atoms with van der Waals surface area (Å²) in [5, 5.41) is 12.8. The molecule has 2 atom stereocenters. The normalized spacial score (nSPS) is 18.8. The van der Waals surface area contributed by atoms with Crippen LogP contribution in [0.2, 0.25) is 5.02 Å². The first kappa shape index (κ1) is 17.9. The molecule has 2 N–H and O–H groups in total. The molecule has 1 heterocycles. The van der Waals surface area contributed by atoms with Gasteiger partial charge in [-0.3, -0.25) is 0 Å². The van der Waals surface area contributed by atoms with Crippen LogP contribution in [0.25, 0.3) is 0 Å². The maximum atomic E-state index is 12.0. The molecule has 1 saturated heterocycles. The summed E-state index contributed by atoms with van der Waals surface area (Å²) < 4.78 is 0. The van der Waals surface area contributed by atoms with Crippen LogP contribution in [0.5, 0.6) is 0 Å². The van der Waals surface area contributed by atoms with Gasteiger partial charge in [-0.2, -0.15) is 0 Å². The fourth-order valence-electron chi connectivity index (χ4n) is 2.82. The van der Waals surface area contributed by atoms with Crippen molar-refractivity contribution in [3.05, 3.63) is 28.8 Å². The van der Waals surface area contributed by atoms with Crippen molar-refractivity contribution in [2.24, 2.45) is 5.92 Å². The van der Waals surface area contributed by atoms with E-state index < -0.39 is 0 Å². The van der Waals surface area contributed by atoms with Crippen LogP contribution < -0.4 is 10.2 Å². The van der Waals surface area contributed by atoms with Crippen molar-refractivity contribution in [3.63, 3.8) is 0 Å². The third-order valence-corrected chi connectivity index (χ3v) is 4.82. The number of nitrogens with zero attached hydrogens (tertiary/aromatic N) is 2. The predicted octanol–water partition coefficient (Wildman–Crippen LogP) is 2.50. The van der Waals surface area contributed by atoms with Crippen LogP contribution in [0.1, 0.15) is 18.9 Å². The number of urea groups is 1. The van der Waals surface area contributed by atoms with E-state index in [-0.39, 0.29) is 18.7 Å². The van der Waals surface area contributed by atoms with E-state index in [1.165, 1.54) is 16.2 Å². The number of hydrogen-bond acceptors (Lipinski definition) is 3. The van der Waals surface area contributed by atoms with Crippen molar-refractivity contribution in [1.82, 2.24) is 10.2 Å². The van der Waals surface area contributed by atoms with Gasteiger partial charge in [0.25, 0.3) is 0 Å². The van der Waals surface area contributed by atoms with Gasteiger partial charge in [0.05, 0.1) is 12.6 Å². The third kappa shape index (κ3) is 4.52. The van der Waals surface area contributed by atoms with E-state index in [2.05, 4.69) is 17.1 Å². The van der Waals surface area contributed by atoms with Gasteiger partial charge in [-0.1, -0.05) is 17.7 Å². The number of amides is 2. The second kappa shape index (κ2) is 7.88. The third-order valence-electron chi connectivity index (χ3n) is 4.59. The largest absolute Gasteiger partial charge is 0.394 e. The smallest absolute Gasteiger partial charge is 0.317 e. The molecule has 2 unspecified atom stereocenters. The van der Waals surface area contributed by atoms with Gasteiger partial charge in [-0.05, 0) is 43.9 Å². The first-order chi connectivity index (χ1) is 10.9. The Morgan fingerprint density at radius 2 is 2.30 bits per heavy atom. The fourth-order valence-corrected chi connectivity index (χ4v) is 2.99. The molecule has 5 nitrogen and oxygen atoms in total. The molecule has 0 aliphatic carbocycles. The van der Waals surface area contributed by atoms with E-state index >= 15 is 0 Å². The highest BCUT2D eigenvalue weighted by Crippen LogP contribution is 2.29. The topological polar surface area (TPSA) is 55.8 Å². The molecule has 23 heavy (non-hydrogen) atoms. The number of carbonyl (C=O) groups is 1. The minimum atomic E-state index is -0.177. The maximum Gasteiger partial charge on any atom is 0.317 e. The van der Waals surface area contributed by atoms with Crippen LogP contribution in [0.15, 0.2) is 18.2 Å². The van der Waals surface area contributed by atoms with Crippen LogP contribution in [-0.2, 0) is 0 Å². The number of carbonyl (C=O) groups excluding carboxylic acids is 1. The Morgan fingerprint density at radius 3 is 3.00 bits per heavy atom. The number of aryl methyl sites for hydroxylation is 1. The molecule has 0 radical (unpaired) electrons. The quantitative estimate of drug-likeness (QED) is 0.866. The highest BCUT2D eigenvalue weighted by Gasteiger charge is 2.25. The summed E-state index contributed by atoms with van der Waals surface area (Å²) in [5.74, 6) is 0.426. The van der Waals surface area contributed by atoms with E-state index in [9.17, 15) is 4.79 Å². The highest BCUT2D eigenvalue weighted by molar-refractivity contribution is 6.30. The molecule has 2 amide bonds. The summed E-state index contributed by atoms with van der Waals surface area (Å²) in [6, 6.07) is 5.65. The molecule has 6 heteroatoms. The average Bonchev–Trinajstić information content (AvgIpc) is 3.02. The zero-order valence-electron chi connectivity index (χ0n) is 14.1. The van der Waals surface area contributed by atoms with Crippen LogP contribution >= 0.6 is 11.6 Å². The Bertz CT molecular complexity index is 553. The molecule has 0 spiro atoms. The summed E-state index contributed by atoms with van der Waals surface area (Å²) in [5.41, 5.74) is 2.40. The van der Waals surface area contributed by atoms with Crippen molar-refractivity contribution in [2.75, 3.05) is 38.2 Å². The average molecular weight is 340 g/mol. The molecular formula is C17H26ClN3O2. The van der Waals surface area contributed by atoms with Crippen molar-refractivity contribution in [2.45, 2.75) is 26.3 Å². The molecule has 0 bridgehead atoms. The fraction of sp³-hybridized carbons (Fsp3) is 0.588. The first-order valence-electron chi connectivity index (χ1n) is 8.05. The number of anilines is 1. The summed E-state index contributed by atoms with van der Waals surface area (Å²) in [6.45, 7) is 6.42. The summed E-state index contributed by atoms with van der Waals surface area (Å²) in [6.07, 6.45) is 1.05. The molecule has 0 saturated carbocycles. The molecule has 128 valence electrons. The molecule has 2 rings (SSSR count). The van der Waals surface area contributed by atoms with Crippen LogP contribution in [-0.4, -0.2) is 55.4 Å². The lowest BCUT2D eigenvalue weighted by Crippen LogP contribution is -2.45. The number of aliphatic hydroxyl groups is 1. The van der Waals surface area contributed by atoms with E-state index in [1.54, 1.807) is 7.05 Å². The zero-order chi connectivity index (χ0) is 17.0. The predicted molar refractivity (Wildman–Crippen MR) is 94.2 cm³/mol. The van der Waals surface area contributed by atoms with Gasteiger partial charge in [0.2, 0.25) is 0 Å². The van der Waals surface area contributed by atoms with Gasteiger partial charge in [0, 0.05) is 37.4 Å². The van der Waals surface area contributed by atoms with Crippen LogP contribution in [0.3, 0.4) is 0 Å². The van der Waals surface area contributed by atoms with E-state index in [1.807, 2.05) is 25.1 Å². The SMILES string of the molecule is Cc1ccc(Cl)cc1N1CCC(CNC(=O)N(C)C(C)CO)C1. The minimum Gasteiger partial charge on any atom is -0.394 e. The van der Waals surface area contributed by atoms with Crippen molar-refractivity contribution in [1.29, 1.82) is 0 Å². The molecule has 1 aromatic carbocycles. The van der Waals surface area contributed by atoms with Crippen LogP contribution in [0.4, 0.5) is 10.5 Å². The number of halogens is 1. The lowest BCUT2D eigenvalue weighted by Gasteiger charge is -2.25. The lowest BCUT2D eigenvalue weighted by atomic mass is 10.1. The number of aliphatic hydroxyl groups excluding tert-OH is 1. The molecule has 1 aliphatic heterocycles. The van der Waals surface area contributed by atoms with Crippen molar-refractivity contribution < 1.29 is 9.90 Å². The number of rotatable bonds is 5. The van der Waals surface area contributed by atoms with E-state index in [0.29, 0.717) is 12.5 Å². The number of likely N-dealkylation sites (N-methyl/N-ethyl adjacent to an activating group) is 1. The number of hydrogen-bond donors (Lipinski definition) is 2. The minimum absolute atomic E-state index is 0.0326. The second-order valence-electron chi connectivity index (χ2n) is 6.36. The molecular weight excluding hydrogens is 314 g/mol. The standard InChI is InChI=1S/C17H26ClN3O2/c1-12-4-5-15(18)8-16(12)21-7-6-14(10-21)9-19-17(23)20(3)13(2)11-22/h4-5,8,13-14,22H,6-7,9-11H2,1-3H3,(H,19,23). The highest BCUT2D eigenvalue weighted by atomic mass is 35.5. The monoisotopic (exact) mass is 339 g/mol. The van der Waals surface area contributed by atoms with Gasteiger partial charge in [-0.15, -0.1) is 0 Å². The summed E-state index contributed by atoms with van der Waals surface area (Å²) >= 11 is 6.10. The summed E-state index contributed by atoms with van der Waals surface area (Å²) in [7, 11) is 1.70. The molecule has 1 aromatic rings. The first-order valence-corrected chi connectivity index (χ1v) is 8.42. The Morgan fingerprint density at radius 1 is 1.57 bits per heavy atom. The van der Waals surface area contributed by atoms with Crippen molar-refractivity contribution >= 4 is 23.3 Å². The molecule has 0 aromatic heterocycles. The Balaban J connectivity index is 1.86. The maximum absolute atomic E-state index is 12.0. The molecule has 1 fully saturated rings. The summed E-state index contributed by atoms with van der Waals surface area (Å²) in [4.78, 5) is 15.9. The van der Waals surface area contributed by atoms with Crippen LogP contribution in [0, 0.1) is 12.8 Å². The molecule has 1 aliphatic rings. The Hall–Kier alpha value is -1.46. The van der Waals surface area contributed by atoms with Gasteiger partial charge in [0.15, 0.2) is 0 Å². The van der Waals surface area contributed by atoms with E-state index in [0.717, 1.165) is 24.5 Å². The second-order valence-corrected chi connectivity index (χ2v) is 6.80. The Labute approximate surface area is 143 Å². The van der Waals surface area contributed by atoms with Gasteiger partial charge in [-0.25, -0.2) is 4.79 Å². The number of nitrogens with one attached hydrogen (secondary N) is 1. The zero-order valence-corrected chi connectivity index (χ0v) is 14.8. The van der Waals surface area contributed by atoms with Crippen molar-refractivity contribution in [3.8, 4) is 0 Å². The van der Waals surface area contributed by atoms with Gasteiger partial charge >= 0.3 is 6.03 Å². The number of benzene rings is 1.